The van der Waals surface area contributed by atoms with Crippen molar-refractivity contribution in [2.75, 3.05) is 5.73 Å². The van der Waals surface area contributed by atoms with Crippen LogP contribution in [0.15, 0.2) is 53.1 Å². The normalized spacial score (nSPS) is 10.7. The van der Waals surface area contributed by atoms with Gasteiger partial charge in [-0.3, -0.25) is 0 Å². The first-order valence-corrected chi connectivity index (χ1v) is 7.17. The van der Waals surface area contributed by atoms with E-state index in [1.165, 1.54) is 0 Å². The van der Waals surface area contributed by atoms with Crippen LogP contribution in [0.5, 0.6) is 0 Å². The highest BCUT2D eigenvalue weighted by Crippen LogP contribution is 2.30. The number of nitrogens with two attached hydrogens (primary N) is 1. The number of rotatable bonds is 2. The van der Waals surface area contributed by atoms with E-state index in [1.54, 1.807) is 6.20 Å². The van der Waals surface area contributed by atoms with E-state index >= 15 is 0 Å². The molecule has 0 saturated heterocycles. The number of nitrogens with zero attached hydrogens (tertiary/aromatic N) is 1. The van der Waals surface area contributed by atoms with Crippen molar-refractivity contribution in [3.63, 3.8) is 0 Å². The molecule has 0 unspecified atom stereocenters. The van der Waals surface area contributed by atoms with Crippen molar-refractivity contribution in [3.8, 4) is 22.5 Å². The fourth-order valence-corrected chi connectivity index (χ4v) is 2.56. The van der Waals surface area contributed by atoms with E-state index in [0.717, 1.165) is 27.0 Å². The number of nitrogen functional groups attached to an aromatic ring is 1. The predicted molar refractivity (Wildman–Crippen MR) is 86.6 cm³/mol. The molecule has 0 spiro atoms. The molecule has 3 nitrogen and oxygen atoms in total. The molecule has 0 radical (unpaired) electrons. The summed E-state index contributed by atoms with van der Waals surface area (Å²) in [7, 11) is 0. The standard InChI is InChI=1S/C15H11BrClN3/c16-10-7-12(15(18)19-8-10)14-5-4-13(20-14)9-2-1-3-11(17)6-9/h1-8,20H,(H2,18,19). The number of halogens is 2. The van der Waals surface area contributed by atoms with Crippen molar-refractivity contribution >= 4 is 33.3 Å². The third-order valence-corrected chi connectivity index (χ3v) is 3.67. The zero-order valence-corrected chi connectivity index (χ0v) is 12.7. The third kappa shape index (κ3) is 2.57. The Kier molecular flexibility index (Phi) is 3.51. The van der Waals surface area contributed by atoms with Crippen molar-refractivity contribution in [3.05, 3.63) is 58.2 Å². The van der Waals surface area contributed by atoms with Gasteiger partial charge >= 0.3 is 0 Å². The van der Waals surface area contributed by atoms with E-state index in [4.69, 9.17) is 17.3 Å². The number of anilines is 1. The van der Waals surface area contributed by atoms with Gasteiger partial charge in [-0.2, -0.15) is 0 Å². The molecular weight excluding hydrogens is 338 g/mol. The van der Waals surface area contributed by atoms with Gasteiger partial charge in [0.25, 0.3) is 0 Å². The maximum atomic E-state index is 6.01. The fourth-order valence-electron chi connectivity index (χ4n) is 2.04. The van der Waals surface area contributed by atoms with E-state index in [0.29, 0.717) is 10.8 Å². The Morgan fingerprint density at radius 3 is 2.70 bits per heavy atom. The number of aromatic amines is 1. The summed E-state index contributed by atoms with van der Waals surface area (Å²) in [4.78, 5) is 7.48. The number of aromatic nitrogens is 2. The monoisotopic (exact) mass is 347 g/mol. The molecule has 0 aliphatic carbocycles. The molecule has 100 valence electrons. The van der Waals surface area contributed by atoms with Crippen LogP contribution in [0.2, 0.25) is 5.02 Å². The molecule has 2 aromatic heterocycles. The molecule has 3 aromatic rings. The first-order chi connectivity index (χ1) is 9.63. The Hall–Kier alpha value is -1.78. The lowest BCUT2D eigenvalue weighted by Crippen LogP contribution is -1.93. The Morgan fingerprint density at radius 1 is 1.10 bits per heavy atom. The molecule has 0 bridgehead atoms. The van der Waals surface area contributed by atoms with Crippen LogP contribution in [-0.4, -0.2) is 9.97 Å². The molecule has 0 atom stereocenters. The summed E-state index contributed by atoms with van der Waals surface area (Å²) >= 11 is 9.42. The van der Waals surface area contributed by atoms with E-state index in [2.05, 4.69) is 25.9 Å². The zero-order chi connectivity index (χ0) is 14.1. The first kappa shape index (κ1) is 13.2. The number of benzene rings is 1. The van der Waals surface area contributed by atoms with Gasteiger partial charge in [-0.15, -0.1) is 0 Å². The highest BCUT2D eigenvalue weighted by atomic mass is 79.9. The molecule has 0 aliphatic rings. The fraction of sp³-hybridized carbons (Fsp3) is 0. The van der Waals surface area contributed by atoms with Gasteiger partial charge in [-0.1, -0.05) is 23.7 Å². The predicted octanol–water partition coefficient (Wildman–Crippen LogP) is 4.74. The van der Waals surface area contributed by atoms with E-state index in [-0.39, 0.29) is 0 Å². The van der Waals surface area contributed by atoms with Gasteiger partial charge in [-0.05, 0) is 51.8 Å². The number of hydrogen-bond donors (Lipinski definition) is 2. The molecular formula is C15H11BrClN3. The summed E-state index contributed by atoms with van der Waals surface area (Å²) in [5, 5.41) is 0.710. The second-order valence-corrected chi connectivity index (χ2v) is 5.73. The van der Waals surface area contributed by atoms with Gasteiger partial charge in [0.15, 0.2) is 0 Å². The second-order valence-electron chi connectivity index (χ2n) is 4.38. The number of hydrogen-bond acceptors (Lipinski definition) is 2. The maximum absolute atomic E-state index is 6.01. The van der Waals surface area contributed by atoms with Gasteiger partial charge in [0.2, 0.25) is 0 Å². The molecule has 2 heterocycles. The highest BCUT2D eigenvalue weighted by Gasteiger charge is 2.08. The highest BCUT2D eigenvalue weighted by molar-refractivity contribution is 9.10. The molecule has 0 amide bonds. The van der Waals surface area contributed by atoms with E-state index in [1.807, 2.05) is 42.5 Å². The first-order valence-electron chi connectivity index (χ1n) is 6.00. The van der Waals surface area contributed by atoms with Crippen molar-refractivity contribution in [2.24, 2.45) is 0 Å². The van der Waals surface area contributed by atoms with Crippen LogP contribution in [0.1, 0.15) is 0 Å². The summed E-state index contributed by atoms with van der Waals surface area (Å²) in [5.41, 5.74) is 9.73. The minimum absolute atomic E-state index is 0.493. The lowest BCUT2D eigenvalue weighted by Gasteiger charge is -2.03. The van der Waals surface area contributed by atoms with Gasteiger partial charge in [0, 0.05) is 32.6 Å². The number of nitrogens with one attached hydrogen (secondary N) is 1. The zero-order valence-electron chi connectivity index (χ0n) is 10.4. The van der Waals surface area contributed by atoms with Gasteiger partial charge in [0.1, 0.15) is 5.82 Å². The van der Waals surface area contributed by atoms with Crippen LogP contribution >= 0.6 is 27.5 Å². The minimum Gasteiger partial charge on any atom is -0.383 e. The van der Waals surface area contributed by atoms with Crippen LogP contribution in [-0.2, 0) is 0 Å². The Morgan fingerprint density at radius 2 is 1.90 bits per heavy atom. The summed E-state index contributed by atoms with van der Waals surface area (Å²) < 4.78 is 0.889. The summed E-state index contributed by atoms with van der Waals surface area (Å²) in [5.74, 6) is 0.493. The maximum Gasteiger partial charge on any atom is 0.132 e. The number of pyridine rings is 1. The van der Waals surface area contributed by atoms with E-state index < -0.39 is 0 Å². The minimum atomic E-state index is 0.493. The van der Waals surface area contributed by atoms with E-state index in [9.17, 15) is 0 Å². The smallest absolute Gasteiger partial charge is 0.132 e. The van der Waals surface area contributed by atoms with Crippen LogP contribution < -0.4 is 5.73 Å². The summed E-state index contributed by atoms with van der Waals surface area (Å²) in [6.07, 6.45) is 1.68. The van der Waals surface area contributed by atoms with Crippen LogP contribution in [0.4, 0.5) is 5.82 Å². The van der Waals surface area contributed by atoms with Gasteiger partial charge < -0.3 is 10.7 Å². The molecule has 5 heteroatoms. The Labute approximate surface area is 129 Å². The topological polar surface area (TPSA) is 54.7 Å². The largest absolute Gasteiger partial charge is 0.383 e. The van der Waals surface area contributed by atoms with Crippen molar-refractivity contribution in [1.82, 2.24) is 9.97 Å². The molecule has 20 heavy (non-hydrogen) atoms. The Balaban J connectivity index is 2.04. The molecule has 0 aliphatic heterocycles. The van der Waals surface area contributed by atoms with Crippen LogP contribution in [0.3, 0.4) is 0 Å². The Bertz CT molecular complexity index is 767. The summed E-state index contributed by atoms with van der Waals surface area (Å²) in [6.45, 7) is 0. The molecule has 0 saturated carbocycles. The van der Waals surface area contributed by atoms with Crippen molar-refractivity contribution in [1.29, 1.82) is 0 Å². The van der Waals surface area contributed by atoms with Crippen LogP contribution in [0, 0.1) is 0 Å². The van der Waals surface area contributed by atoms with Crippen molar-refractivity contribution in [2.45, 2.75) is 0 Å². The lowest BCUT2D eigenvalue weighted by molar-refractivity contribution is 1.30. The van der Waals surface area contributed by atoms with Crippen molar-refractivity contribution < 1.29 is 0 Å². The molecule has 3 N–H and O–H groups in total. The molecule has 0 fully saturated rings. The molecule has 3 rings (SSSR count). The quantitative estimate of drug-likeness (QED) is 0.702. The third-order valence-electron chi connectivity index (χ3n) is 3.00. The summed E-state index contributed by atoms with van der Waals surface area (Å²) in [6, 6.07) is 13.6. The average Bonchev–Trinajstić information content (AvgIpc) is 2.91. The SMILES string of the molecule is Nc1ncc(Br)cc1-c1ccc(-c2cccc(Cl)c2)[nH]1. The van der Waals surface area contributed by atoms with Crippen LogP contribution in [0.25, 0.3) is 22.5 Å². The van der Waals surface area contributed by atoms with Gasteiger partial charge in [-0.25, -0.2) is 4.98 Å². The van der Waals surface area contributed by atoms with Gasteiger partial charge in [0.05, 0.1) is 0 Å². The number of H-pyrrole nitrogens is 1. The second kappa shape index (κ2) is 5.31. The average molecular weight is 349 g/mol. The lowest BCUT2D eigenvalue weighted by atomic mass is 10.2. The molecule has 1 aromatic carbocycles.